The van der Waals surface area contributed by atoms with E-state index in [9.17, 15) is 14.8 Å². The van der Waals surface area contributed by atoms with Gasteiger partial charge in [-0.3, -0.25) is 9.36 Å². The van der Waals surface area contributed by atoms with E-state index in [0.29, 0.717) is 21.7 Å². The van der Waals surface area contributed by atoms with Crippen LogP contribution in [0.2, 0.25) is 0 Å². The number of carbonyl (C=O) groups excluding carboxylic acids is 1. The lowest BCUT2D eigenvalue weighted by atomic mass is 10.1. The van der Waals surface area contributed by atoms with Gasteiger partial charge < -0.3 is 14.7 Å². The van der Waals surface area contributed by atoms with Crippen LogP contribution in [0.4, 0.5) is 0 Å². The van der Waals surface area contributed by atoms with Crippen LogP contribution in [0.3, 0.4) is 0 Å². The molecule has 23 heavy (non-hydrogen) atoms. The van der Waals surface area contributed by atoms with E-state index < -0.39 is 11.5 Å². The fourth-order valence-electron chi connectivity index (χ4n) is 1.99. The van der Waals surface area contributed by atoms with Crippen molar-refractivity contribution in [1.29, 1.82) is 0 Å². The number of esters is 1. The molecular weight excluding hydrogens is 300 g/mol. The van der Waals surface area contributed by atoms with Crippen molar-refractivity contribution in [3.63, 3.8) is 0 Å². The van der Waals surface area contributed by atoms with Crippen molar-refractivity contribution in [2.45, 2.75) is 6.92 Å². The number of ether oxygens (including phenoxy) is 2. The average Bonchev–Trinajstić information content (AvgIpc) is 2.57. The Kier molecular flexibility index (Phi) is 4.80. The first kappa shape index (κ1) is 16.3. The summed E-state index contributed by atoms with van der Waals surface area (Å²) in [4.78, 5) is 23.3. The molecule has 2 rings (SSSR count). The zero-order valence-electron chi connectivity index (χ0n) is 13.0. The maximum atomic E-state index is 12.2. The number of hydrogen-bond donors (Lipinski definition) is 0. The quantitative estimate of drug-likeness (QED) is 0.363. The lowest BCUT2D eigenvalue weighted by Crippen LogP contribution is -2.39. The van der Waals surface area contributed by atoms with Gasteiger partial charge in [0.2, 0.25) is 0 Å². The van der Waals surface area contributed by atoms with Crippen LogP contribution in [-0.2, 0) is 9.53 Å². The molecule has 7 nitrogen and oxygen atoms in total. The molecule has 0 atom stereocenters. The van der Waals surface area contributed by atoms with Crippen LogP contribution in [0, 0.1) is 12.1 Å². The largest absolute Gasteiger partial charge is 0.618 e. The first-order valence-electron chi connectivity index (χ1n) is 6.73. The number of rotatable bonds is 4. The van der Waals surface area contributed by atoms with Crippen molar-refractivity contribution < 1.29 is 19.0 Å². The molecule has 0 aliphatic heterocycles. The molecule has 1 aromatic heterocycles. The highest BCUT2D eigenvalue weighted by Crippen LogP contribution is 2.23. The van der Waals surface area contributed by atoms with E-state index >= 15 is 0 Å². The Morgan fingerprint density at radius 2 is 2.09 bits per heavy atom. The third kappa shape index (κ3) is 3.39. The summed E-state index contributed by atoms with van der Waals surface area (Å²) in [6, 6.07) is 5.07. The highest BCUT2D eigenvalue weighted by Gasteiger charge is 2.13. The summed E-state index contributed by atoms with van der Waals surface area (Å²) in [5.41, 5.74) is 0.829. The van der Waals surface area contributed by atoms with Gasteiger partial charge in [-0.25, -0.2) is 4.79 Å². The summed E-state index contributed by atoms with van der Waals surface area (Å²) >= 11 is 0. The van der Waals surface area contributed by atoms with Crippen LogP contribution in [0.5, 0.6) is 5.75 Å². The van der Waals surface area contributed by atoms with Crippen LogP contribution < -0.4 is 15.0 Å². The van der Waals surface area contributed by atoms with E-state index in [1.807, 2.05) is 0 Å². The van der Waals surface area contributed by atoms with Gasteiger partial charge in [-0.1, -0.05) is 6.07 Å². The maximum Gasteiger partial charge on any atom is 0.330 e. The molecular formula is C16H16N2O5. The van der Waals surface area contributed by atoms with E-state index in [2.05, 4.69) is 4.74 Å². The molecule has 120 valence electrons. The Bertz CT molecular complexity index is 824. The fraction of sp³-hybridized carbons (Fsp3) is 0.188. The van der Waals surface area contributed by atoms with Crippen molar-refractivity contribution >= 4 is 12.0 Å². The number of nitrogens with zero attached hydrogens (tertiary/aromatic N) is 2. The monoisotopic (exact) mass is 316 g/mol. The summed E-state index contributed by atoms with van der Waals surface area (Å²) in [5.74, 6) is -0.0369. The van der Waals surface area contributed by atoms with Crippen molar-refractivity contribution in [3.8, 4) is 11.4 Å². The number of carbonyl (C=O) groups is 1. The van der Waals surface area contributed by atoms with Crippen molar-refractivity contribution in [3.05, 3.63) is 63.5 Å². The topological polar surface area (TPSA) is 84.5 Å². The van der Waals surface area contributed by atoms with Crippen molar-refractivity contribution in [1.82, 2.24) is 4.57 Å². The summed E-state index contributed by atoms with van der Waals surface area (Å²) in [7, 11) is 2.77. The second-order valence-electron chi connectivity index (χ2n) is 4.67. The van der Waals surface area contributed by atoms with Crippen molar-refractivity contribution in [2.24, 2.45) is 0 Å². The number of benzene rings is 1. The number of aromatic nitrogens is 2. The fourth-order valence-corrected chi connectivity index (χ4v) is 1.99. The molecule has 1 heterocycles. The van der Waals surface area contributed by atoms with Gasteiger partial charge in [0.05, 0.1) is 26.1 Å². The SMILES string of the molecule is COC(=O)/C=C/c1ccc(-n2cc[n+]([O-])c(C)c2=O)c(OC)c1. The second kappa shape index (κ2) is 6.78. The lowest BCUT2D eigenvalue weighted by Gasteiger charge is -2.12. The summed E-state index contributed by atoms with van der Waals surface area (Å²) in [5, 5.41) is 11.4. The predicted octanol–water partition coefficient (Wildman–Crippen LogP) is 0.974. The lowest BCUT2D eigenvalue weighted by molar-refractivity contribution is -0.614. The zero-order chi connectivity index (χ0) is 17.0. The van der Waals surface area contributed by atoms with Crippen molar-refractivity contribution in [2.75, 3.05) is 14.2 Å². The molecule has 0 unspecified atom stereocenters. The molecule has 0 saturated carbocycles. The summed E-state index contributed by atoms with van der Waals surface area (Å²) in [6.45, 7) is 1.45. The molecule has 0 aliphatic rings. The van der Waals surface area contributed by atoms with E-state index in [1.165, 1.54) is 44.2 Å². The average molecular weight is 316 g/mol. The van der Waals surface area contributed by atoms with Crippen LogP contribution in [0.25, 0.3) is 11.8 Å². The minimum atomic E-state index is -0.469. The Hall–Kier alpha value is -3.09. The number of hydrogen-bond acceptors (Lipinski definition) is 5. The van der Waals surface area contributed by atoms with E-state index in [0.717, 1.165) is 0 Å². The van der Waals surface area contributed by atoms with Gasteiger partial charge in [0.25, 0.3) is 5.69 Å². The minimum absolute atomic E-state index is 0.0595. The first-order chi connectivity index (χ1) is 11.0. The Balaban J connectivity index is 2.49. The highest BCUT2D eigenvalue weighted by molar-refractivity contribution is 5.87. The molecule has 0 spiro atoms. The van der Waals surface area contributed by atoms with Crippen LogP contribution in [0.15, 0.2) is 41.5 Å². The predicted molar refractivity (Wildman–Crippen MR) is 83.3 cm³/mol. The van der Waals surface area contributed by atoms with E-state index in [4.69, 9.17) is 4.74 Å². The van der Waals surface area contributed by atoms with Crippen LogP contribution in [0.1, 0.15) is 11.3 Å². The standard InChI is InChI=1S/C16H16N2O5/c1-11-16(20)17(8-9-18(11)21)13-6-4-12(10-14(13)22-2)5-7-15(19)23-3/h4-10H,1-3H3/b7-5+. The summed E-state index contributed by atoms with van der Waals surface area (Å²) in [6.07, 6.45) is 5.49. The minimum Gasteiger partial charge on any atom is -0.618 e. The van der Waals surface area contributed by atoms with E-state index in [1.54, 1.807) is 24.3 Å². The molecule has 1 aromatic carbocycles. The van der Waals surface area contributed by atoms with Gasteiger partial charge in [-0.15, -0.1) is 0 Å². The molecule has 0 fully saturated rings. The molecule has 7 heteroatoms. The maximum absolute atomic E-state index is 12.2. The molecule has 0 aliphatic carbocycles. The van der Waals surface area contributed by atoms with Gasteiger partial charge in [0.1, 0.15) is 5.75 Å². The molecule has 0 radical (unpaired) electrons. The Labute approximate surface area is 132 Å². The van der Waals surface area contributed by atoms with Gasteiger partial charge in [-0.05, 0) is 23.8 Å². The molecule has 2 aromatic rings. The number of methoxy groups -OCH3 is 2. The summed E-state index contributed by atoms with van der Waals surface area (Å²) < 4.78 is 11.7. The smallest absolute Gasteiger partial charge is 0.330 e. The van der Waals surface area contributed by atoms with Crippen LogP contribution >= 0.6 is 0 Å². The third-order valence-electron chi connectivity index (χ3n) is 3.29. The van der Waals surface area contributed by atoms with E-state index in [-0.39, 0.29) is 5.69 Å². The molecule has 0 N–H and O–H groups in total. The second-order valence-corrected chi connectivity index (χ2v) is 4.67. The normalized spacial score (nSPS) is 10.7. The van der Waals surface area contributed by atoms with Gasteiger partial charge in [-0.2, -0.15) is 4.73 Å². The third-order valence-corrected chi connectivity index (χ3v) is 3.29. The molecule has 0 amide bonds. The highest BCUT2D eigenvalue weighted by atomic mass is 16.5. The van der Waals surface area contributed by atoms with Gasteiger partial charge >= 0.3 is 11.5 Å². The zero-order valence-corrected chi connectivity index (χ0v) is 13.0. The van der Waals surface area contributed by atoms with Crippen LogP contribution in [-0.4, -0.2) is 24.8 Å². The van der Waals surface area contributed by atoms with Gasteiger partial charge in [0, 0.05) is 13.0 Å². The Morgan fingerprint density at radius 3 is 2.74 bits per heavy atom. The van der Waals surface area contributed by atoms with Gasteiger partial charge in [0.15, 0.2) is 6.20 Å². The molecule has 0 bridgehead atoms. The Morgan fingerprint density at radius 1 is 1.35 bits per heavy atom. The first-order valence-corrected chi connectivity index (χ1v) is 6.73. The molecule has 0 saturated heterocycles.